The van der Waals surface area contributed by atoms with Gasteiger partial charge in [-0.25, -0.2) is 9.97 Å². The second-order valence-corrected chi connectivity index (χ2v) is 5.43. The minimum atomic E-state index is -0.389. The number of hydrogen-bond donors (Lipinski definition) is 2. The Balaban J connectivity index is 1.60. The normalized spacial score (nSPS) is 11.6. The molecule has 0 saturated heterocycles. The molecule has 3 aromatic rings. The minimum Gasteiger partial charge on any atom is -0.325 e. The first-order chi connectivity index (χ1) is 12.1. The number of benzene rings is 1. The molecule has 1 atom stereocenters. The number of pyridine rings is 1. The van der Waals surface area contributed by atoms with Crippen LogP contribution in [0.2, 0.25) is 0 Å². The van der Waals surface area contributed by atoms with E-state index in [0.717, 1.165) is 0 Å². The zero-order chi connectivity index (χ0) is 17.6. The lowest BCUT2D eigenvalue weighted by atomic mass is 10.2. The molecule has 0 saturated carbocycles. The summed E-state index contributed by atoms with van der Waals surface area (Å²) in [4.78, 5) is 32.3. The highest BCUT2D eigenvalue weighted by molar-refractivity contribution is 6.03. The summed E-state index contributed by atoms with van der Waals surface area (Å²) < 4.78 is 1.71. The molecule has 0 aliphatic carbocycles. The molecule has 25 heavy (non-hydrogen) atoms. The van der Waals surface area contributed by atoms with Crippen molar-refractivity contribution >= 4 is 23.3 Å². The van der Waals surface area contributed by atoms with Crippen LogP contribution in [0.1, 0.15) is 23.3 Å². The quantitative estimate of drug-likeness (QED) is 0.750. The average molecular weight is 335 g/mol. The Bertz CT molecular complexity index is 845. The topological polar surface area (TPSA) is 88.9 Å². The van der Waals surface area contributed by atoms with Crippen molar-refractivity contribution in [3.63, 3.8) is 0 Å². The maximum absolute atomic E-state index is 12.2. The van der Waals surface area contributed by atoms with Crippen LogP contribution in [0.4, 0.5) is 11.5 Å². The molecule has 0 aliphatic heterocycles. The van der Waals surface area contributed by atoms with Crippen molar-refractivity contribution in [1.29, 1.82) is 0 Å². The highest BCUT2D eigenvalue weighted by Crippen LogP contribution is 2.14. The van der Waals surface area contributed by atoms with Crippen molar-refractivity contribution in [3.05, 3.63) is 72.9 Å². The summed E-state index contributed by atoms with van der Waals surface area (Å²) in [5.41, 5.74) is 1.10. The lowest BCUT2D eigenvalue weighted by molar-refractivity contribution is -0.118. The van der Waals surface area contributed by atoms with Gasteiger partial charge >= 0.3 is 0 Å². The molecule has 0 radical (unpaired) electrons. The summed E-state index contributed by atoms with van der Waals surface area (Å²) in [5, 5.41) is 5.49. The van der Waals surface area contributed by atoms with E-state index in [9.17, 15) is 9.59 Å². The summed E-state index contributed by atoms with van der Waals surface area (Å²) >= 11 is 0. The standard InChI is InChI=1S/C18H17N5O2/c1-13(23-10-9-19-12-23)17(24)21-15-7-8-16(20-11-15)22-18(25)14-5-3-2-4-6-14/h2-13H,1H3,(H,21,24)(H,20,22,25)/t13-/m0/s1. The smallest absolute Gasteiger partial charge is 0.256 e. The number of imidazole rings is 1. The second kappa shape index (κ2) is 7.39. The molecule has 0 aliphatic rings. The number of amides is 2. The largest absolute Gasteiger partial charge is 0.325 e. The van der Waals surface area contributed by atoms with Gasteiger partial charge in [-0.15, -0.1) is 0 Å². The Morgan fingerprint density at radius 2 is 1.88 bits per heavy atom. The van der Waals surface area contributed by atoms with Gasteiger partial charge in [0.25, 0.3) is 5.91 Å². The molecular weight excluding hydrogens is 318 g/mol. The van der Waals surface area contributed by atoms with Crippen LogP contribution in [0, 0.1) is 0 Å². The second-order valence-electron chi connectivity index (χ2n) is 5.43. The molecule has 7 nitrogen and oxygen atoms in total. The first-order valence-corrected chi connectivity index (χ1v) is 7.74. The van der Waals surface area contributed by atoms with Crippen molar-refractivity contribution in [2.45, 2.75) is 13.0 Å². The van der Waals surface area contributed by atoms with E-state index >= 15 is 0 Å². The highest BCUT2D eigenvalue weighted by Gasteiger charge is 2.14. The molecule has 0 bridgehead atoms. The lowest BCUT2D eigenvalue weighted by Crippen LogP contribution is -2.23. The van der Waals surface area contributed by atoms with E-state index in [1.807, 2.05) is 6.07 Å². The SMILES string of the molecule is C[C@@H](C(=O)Nc1ccc(NC(=O)c2ccccc2)nc1)n1ccnc1. The highest BCUT2D eigenvalue weighted by atomic mass is 16.2. The fourth-order valence-electron chi connectivity index (χ4n) is 2.20. The molecule has 126 valence electrons. The molecule has 2 amide bonds. The van der Waals surface area contributed by atoms with E-state index in [-0.39, 0.29) is 17.9 Å². The van der Waals surface area contributed by atoms with Gasteiger partial charge in [0.2, 0.25) is 5.91 Å². The van der Waals surface area contributed by atoms with Crippen LogP contribution in [0.5, 0.6) is 0 Å². The van der Waals surface area contributed by atoms with Crippen LogP contribution in [0.15, 0.2) is 67.4 Å². The van der Waals surface area contributed by atoms with Gasteiger partial charge in [0.15, 0.2) is 0 Å². The first kappa shape index (κ1) is 16.4. The van der Waals surface area contributed by atoms with Crippen molar-refractivity contribution in [2.75, 3.05) is 10.6 Å². The molecule has 0 unspecified atom stereocenters. The van der Waals surface area contributed by atoms with Gasteiger partial charge in [-0.2, -0.15) is 0 Å². The van der Waals surface area contributed by atoms with Crippen LogP contribution in [0.25, 0.3) is 0 Å². The van der Waals surface area contributed by atoms with Crippen LogP contribution >= 0.6 is 0 Å². The van der Waals surface area contributed by atoms with E-state index in [4.69, 9.17) is 0 Å². The van der Waals surface area contributed by atoms with Crippen LogP contribution in [0.3, 0.4) is 0 Å². The Kier molecular flexibility index (Phi) is 4.84. The zero-order valence-electron chi connectivity index (χ0n) is 13.6. The maximum Gasteiger partial charge on any atom is 0.256 e. The molecule has 0 spiro atoms. The Morgan fingerprint density at radius 3 is 2.52 bits per heavy atom. The Labute approximate surface area is 144 Å². The number of nitrogens with one attached hydrogen (secondary N) is 2. The number of nitrogens with zero attached hydrogens (tertiary/aromatic N) is 3. The van der Waals surface area contributed by atoms with Crippen molar-refractivity contribution in [3.8, 4) is 0 Å². The number of anilines is 2. The van der Waals surface area contributed by atoms with E-state index in [0.29, 0.717) is 17.1 Å². The number of carbonyl (C=O) groups excluding carboxylic acids is 2. The zero-order valence-corrected chi connectivity index (χ0v) is 13.6. The fourth-order valence-corrected chi connectivity index (χ4v) is 2.20. The van der Waals surface area contributed by atoms with Gasteiger partial charge < -0.3 is 15.2 Å². The van der Waals surface area contributed by atoms with Crippen molar-refractivity contribution in [1.82, 2.24) is 14.5 Å². The number of rotatable bonds is 5. The average Bonchev–Trinajstić information content (AvgIpc) is 3.18. The number of hydrogen-bond acceptors (Lipinski definition) is 4. The number of aromatic nitrogens is 3. The van der Waals surface area contributed by atoms with E-state index in [2.05, 4.69) is 20.6 Å². The lowest BCUT2D eigenvalue weighted by Gasteiger charge is -2.13. The molecule has 3 rings (SSSR count). The summed E-state index contributed by atoms with van der Waals surface area (Å²) in [7, 11) is 0. The van der Waals surface area contributed by atoms with E-state index in [1.165, 1.54) is 6.20 Å². The third-order valence-electron chi connectivity index (χ3n) is 3.66. The van der Waals surface area contributed by atoms with Crippen molar-refractivity contribution < 1.29 is 9.59 Å². The summed E-state index contributed by atoms with van der Waals surface area (Å²) in [6.07, 6.45) is 6.43. The molecule has 1 aromatic carbocycles. The van der Waals surface area contributed by atoms with E-state index < -0.39 is 0 Å². The third kappa shape index (κ3) is 4.08. The third-order valence-corrected chi connectivity index (χ3v) is 3.66. The fraction of sp³-hybridized carbons (Fsp3) is 0.111. The predicted octanol–water partition coefficient (Wildman–Crippen LogP) is 2.73. The molecule has 0 fully saturated rings. The number of carbonyl (C=O) groups is 2. The maximum atomic E-state index is 12.2. The molecule has 7 heteroatoms. The summed E-state index contributed by atoms with van der Waals surface area (Å²) in [6.45, 7) is 1.78. The Hall–Kier alpha value is -3.48. The van der Waals surface area contributed by atoms with Gasteiger partial charge in [-0.3, -0.25) is 9.59 Å². The molecule has 2 aromatic heterocycles. The van der Waals surface area contributed by atoms with Gasteiger partial charge in [-0.1, -0.05) is 18.2 Å². The summed E-state index contributed by atoms with van der Waals surface area (Å²) in [5.74, 6) is -0.00556. The van der Waals surface area contributed by atoms with Crippen LogP contribution < -0.4 is 10.6 Å². The van der Waals surface area contributed by atoms with E-state index in [1.54, 1.807) is 66.6 Å². The van der Waals surface area contributed by atoms with Gasteiger partial charge in [-0.05, 0) is 31.2 Å². The van der Waals surface area contributed by atoms with Gasteiger partial charge in [0, 0.05) is 18.0 Å². The van der Waals surface area contributed by atoms with Crippen LogP contribution in [-0.4, -0.2) is 26.3 Å². The minimum absolute atomic E-state index is 0.180. The van der Waals surface area contributed by atoms with Gasteiger partial charge in [0.05, 0.1) is 18.2 Å². The molecular formula is C18H17N5O2. The van der Waals surface area contributed by atoms with Crippen molar-refractivity contribution in [2.24, 2.45) is 0 Å². The van der Waals surface area contributed by atoms with Crippen LogP contribution in [-0.2, 0) is 4.79 Å². The first-order valence-electron chi connectivity index (χ1n) is 7.74. The molecule has 2 N–H and O–H groups in total. The van der Waals surface area contributed by atoms with Gasteiger partial charge in [0.1, 0.15) is 11.9 Å². The Morgan fingerprint density at radius 1 is 1.08 bits per heavy atom. The molecule has 2 heterocycles. The summed E-state index contributed by atoms with van der Waals surface area (Å²) in [6, 6.07) is 11.8. The predicted molar refractivity (Wildman–Crippen MR) is 94.2 cm³/mol. The monoisotopic (exact) mass is 335 g/mol.